The van der Waals surface area contributed by atoms with Crippen LogP contribution in [0.5, 0.6) is 0 Å². The summed E-state index contributed by atoms with van der Waals surface area (Å²) < 4.78 is 0. The zero-order valence-electron chi connectivity index (χ0n) is 8.31. The van der Waals surface area contributed by atoms with Gasteiger partial charge in [-0.05, 0) is 32.5 Å². The van der Waals surface area contributed by atoms with E-state index in [1.165, 1.54) is 45.3 Å². The predicted molar refractivity (Wildman–Crippen MR) is 53.5 cm³/mol. The van der Waals surface area contributed by atoms with E-state index in [9.17, 15) is 0 Å². The van der Waals surface area contributed by atoms with Crippen LogP contribution in [0, 0.1) is 0 Å². The van der Waals surface area contributed by atoms with E-state index >= 15 is 0 Å². The molecule has 1 rings (SSSR count). The second-order valence-electron chi connectivity index (χ2n) is 3.61. The molecular weight excluding hydrogens is 148 g/mol. The molecule has 0 aliphatic carbocycles. The molecule has 0 aromatic rings. The van der Waals surface area contributed by atoms with Crippen LogP contribution in [0.4, 0.5) is 0 Å². The molecule has 0 bridgehead atoms. The monoisotopic (exact) mass is 170 g/mol. The summed E-state index contributed by atoms with van der Waals surface area (Å²) in [6, 6.07) is 0. The fraction of sp³-hybridized carbons (Fsp3) is 1.00. The second kappa shape index (κ2) is 6.44. The molecule has 1 aliphatic heterocycles. The highest BCUT2D eigenvalue weighted by atomic mass is 15.1. The predicted octanol–water partition coefficient (Wildman–Crippen LogP) is 1.47. The van der Waals surface area contributed by atoms with Crippen LogP contribution in [-0.4, -0.2) is 37.6 Å². The molecule has 0 unspecified atom stereocenters. The minimum Gasteiger partial charge on any atom is -0.316 e. The van der Waals surface area contributed by atoms with Crippen molar-refractivity contribution in [2.24, 2.45) is 0 Å². The molecule has 12 heavy (non-hydrogen) atoms. The van der Waals surface area contributed by atoms with Gasteiger partial charge in [0.1, 0.15) is 0 Å². The van der Waals surface area contributed by atoms with Gasteiger partial charge in [0.05, 0.1) is 0 Å². The SMILES string of the molecule is CCNCCN1CCCCCC1. The maximum atomic E-state index is 3.37. The van der Waals surface area contributed by atoms with Crippen molar-refractivity contribution in [3.63, 3.8) is 0 Å². The normalized spacial score (nSPS) is 20.8. The molecule has 0 radical (unpaired) electrons. The molecule has 0 atom stereocenters. The Morgan fingerprint density at radius 3 is 2.33 bits per heavy atom. The Hall–Kier alpha value is -0.0800. The lowest BCUT2D eigenvalue weighted by Gasteiger charge is -2.19. The number of hydrogen-bond acceptors (Lipinski definition) is 2. The molecule has 0 aromatic carbocycles. The van der Waals surface area contributed by atoms with Gasteiger partial charge in [-0.2, -0.15) is 0 Å². The van der Waals surface area contributed by atoms with Crippen LogP contribution in [-0.2, 0) is 0 Å². The number of nitrogens with zero attached hydrogens (tertiary/aromatic N) is 1. The van der Waals surface area contributed by atoms with E-state index in [4.69, 9.17) is 0 Å². The van der Waals surface area contributed by atoms with Crippen LogP contribution >= 0.6 is 0 Å². The third-order valence-electron chi connectivity index (χ3n) is 2.55. The molecule has 1 heterocycles. The molecular formula is C10H22N2. The van der Waals surface area contributed by atoms with Crippen molar-refractivity contribution in [2.45, 2.75) is 32.6 Å². The van der Waals surface area contributed by atoms with Gasteiger partial charge >= 0.3 is 0 Å². The maximum absolute atomic E-state index is 3.37. The van der Waals surface area contributed by atoms with Crippen LogP contribution in [0.2, 0.25) is 0 Å². The number of hydrogen-bond donors (Lipinski definition) is 1. The first-order chi connectivity index (χ1) is 5.93. The Morgan fingerprint density at radius 1 is 1.08 bits per heavy atom. The van der Waals surface area contributed by atoms with Crippen LogP contribution in [0.15, 0.2) is 0 Å². The van der Waals surface area contributed by atoms with E-state index in [1.807, 2.05) is 0 Å². The van der Waals surface area contributed by atoms with Crippen LogP contribution in [0.1, 0.15) is 32.6 Å². The van der Waals surface area contributed by atoms with Crippen LogP contribution in [0.25, 0.3) is 0 Å². The minimum absolute atomic E-state index is 1.10. The highest BCUT2D eigenvalue weighted by Crippen LogP contribution is 2.08. The first-order valence-electron chi connectivity index (χ1n) is 5.36. The van der Waals surface area contributed by atoms with Crippen molar-refractivity contribution in [1.82, 2.24) is 10.2 Å². The van der Waals surface area contributed by atoms with Crippen molar-refractivity contribution in [2.75, 3.05) is 32.7 Å². The molecule has 1 aliphatic rings. The summed E-state index contributed by atoms with van der Waals surface area (Å²) in [5.41, 5.74) is 0. The van der Waals surface area contributed by atoms with E-state index in [1.54, 1.807) is 0 Å². The fourth-order valence-electron chi connectivity index (χ4n) is 1.77. The lowest BCUT2D eigenvalue weighted by atomic mass is 10.2. The third kappa shape index (κ3) is 4.07. The zero-order chi connectivity index (χ0) is 8.65. The van der Waals surface area contributed by atoms with Crippen molar-refractivity contribution in [3.05, 3.63) is 0 Å². The summed E-state index contributed by atoms with van der Waals surface area (Å²) in [5, 5.41) is 3.37. The lowest BCUT2D eigenvalue weighted by Crippen LogP contribution is -2.32. The van der Waals surface area contributed by atoms with E-state index in [-0.39, 0.29) is 0 Å². The van der Waals surface area contributed by atoms with Crippen molar-refractivity contribution in [3.8, 4) is 0 Å². The third-order valence-corrected chi connectivity index (χ3v) is 2.55. The molecule has 0 spiro atoms. The van der Waals surface area contributed by atoms with Crippen LogP contribution < -0.4 is 5.32 Å². The zero-order valence-corrected chi connectivity index (χ0v) is 8.31. The fourth-order valence-corrected chi connectivity index (χ4v) is 1.77. The van der Waals surface area contributed by atoms with Crippen LogP contribution in [0.3, 0.4) is 0 Å². The molecule has 1 N–H and O–H groups in total. The standard InChI is InChI=1S/C10H22N2/c1-2-11-7-10-12-8-5-3-4-6-9-12/h11H,2-10H2,1H3. The van der Waals surface area contributed by atoms with E-state index in [0.29, 0.717) is 0 Å². The molecule has 0 amide bonds. The van der Waals surface area contributed by atoms with E-state index in [2.05, 4.69) is 17.1 Å². The van der Waals surface area contributed by atoms with Gasteiger partial charge in [-0.1, -0.05) is 19.8 Å². The van der Waals surface area contributed by atoms with Gasteiger partial charge in [0.2, 0.25) is 0 Å². The summed E-state index contributed by atoms with van der Waals surface area (Å²) >= 11 is 0. The highest BCUT2D eigenvalue weighted by Gasteiger charge is 2.07. The molecule has 72 valence electrons. The second-order valence-corrected chi connectivity index (χ2v) is 3.61. The summed E-state index contributed by atoms with van der Waals surface area (Å²) in [5.74, 6) is 0. The molecule has 0 aromatic heterocycles. The number of likely N-dealkylation sites (N-methyl/N-ethyl adjacent to an activating group) is 1. The van der Waals surface area contributed by atoms with Crippen molar-refractivity contribution < 1.29 is 0 Å². The average Bonchev–Trinajstić information content (AvgIpc) is 2.33. The van der Waals surface area contributed by atoms with Gasteiger partial charge in [0.25, 0.3) is 0 Å². The number of likely N-dealkylation sites (tertiary alicyclic amines) is 1. The Balaban J connectivity index is 2.04. The van der Waals surface area contributed by atoms with Gasteiger partial charge in [-0.3, -0.25) is 0 Å². The highest BCUT2D eigenvalue weighted by molar-refractivity contribution is 4.63. The van der Waals surface area contributed by atoms with Gasteiger partial charge < -0.3 is 10.2 Å². The summed E-state index contributed by atoms with van der Waals surface area (Å²) in [6.07, 6.45) is 5.70. The molecule has 0 saturated carbocycles. The Labute approximate surface area is 76.3 Å². The summed E-state index contributed by atoms with van der Waals surface area (Å²) in [4.78, 5) is 2.59. The van der Waals surface area contributed by atoms with E-state index < -0.39 is 0 Å². The van der Waals surface area contributed by atoms with Gasteiger partial charge in [0, 0.05) is 13.1 Å². The van der Waals surface area contributed by atoms with E-state index in [0.717, 1.165) is 13.1 Å². The summed E-state index contributed by atoms with van der Waals surface area (Å²) in [7, 11) is 0. The van der Waals surface area contributed by atoms with Crippen molar-refractivity contribution in [1.29, 1.82) is 0 Å². The maximum Gasteiger partial charge on any atom is 0.0107 e. The van der Waals surface area contributed by atoms with Gasteiger partial charge in [-0.15, -0.1) is 0 Å². The Kier molecular flexibility index (Phi) is 5.37. The minimum atomic E-state index is 1.10. The molecule has 1 saturated heterocycles. The topological polar surface area (TPSA) is 15.3 Å². The van der Waals surface area contributed by atoms with Crippen molar-refractivity contribution >= 4 is 0 Å². The van der Waals surface area contributed by atoms with Gasteiger partial charge in [-0.25, -0.2) is 0 Å². The average molecular weight is 170 g/mol. The smallest absolute Gasteiger partial charge is 0.0107 e. The molecule has 1 fully saturated rings. The van der Waals surface area contributed by atoms with Gasteiger partial charge in [0.15, 0.2) is 0 Å². The Morgan fingerprint density at radius 2 is 1.75 bits per heavy atom. The number of rotatable bonds is 4. The molecule has 2 heteroatoms. The number of nitrogens with one attached hydrogen (secondary N) is 1. The summed E-state index contributed by atoms with van der Waals surface area (Å²) in [6.45, 7) is 8.33. The molecule has 2 nitrogen and oxygen atoms in total. The lowest BCUT2D eigenvalue weighted by molar-refractivity contribution is 0.285. The Bertz CT molecular complexity index is 96.0. The quantitative estimate of drug-likeness (QED) is 0.643. The first-order valence-corrected chi connectivity index (χ1v) is 5.36. The largest absolute Gasteiger partial charge is 0.316 e. The first kappa shape index (κ1) is 10.0.